The summed E-state index contributed by atoms with van der Waals surface area (Å²) < 4.78 is 13.3. The Labute approximate surface area is 95.8 Å². The second kappa shape index (κ2) is 4.84. The van der Waals surface area contributed by atoms with Crippen molar-refractivity contribution in [1.82, 2.24) is 15.0 Å². The molecule has 0 saturated carbocycles. The van der Waals surface area contributed by atoms with Crippen LogP contribution in [0.5, 0.6) is 0 Å². The van der Waals surface area contributed by atoms with Gasteiger partial charge in [-0.3, -0.25) is 4.98 Å². The van der Waals surface area contributed by atoms with E-state index in [1.807, 2.05) is 0 Å². The summed E-state index contributed by atoms with van der Waals surface area (Å²) in [5, 5.41) is 5.64. The Bertz CT molecular complexity index is 459. The number of hydrogen-bond acceptors (Lipinski definition) is 6. The zero-order valence-electron chi connectivity index (χ0n) is 8.57. The van der Waals surface area contributed by atoms with Crippen molar-refractivity contribution in [2.24, 2.45) is 0 Å². The largest absolute Gasteiger partial charge is 0.363 e. The Balaban J connectivity index is 2.08. The molecule has 2 rings (SSSR count). The normalized spacial score (nSPS) is 10.1. The molecule has 0 aliphatic carbocycles. The predicted octanol–water partition coefficient (Wildman–Crippen LogP) is 1.73. The van der Waals surface area contributed by atoms with Crippen molar-refractivity contribution < 1.29 is 4.39 Å². The first-order valence-electron chi connectivity index (χ1n) is 4.61. The predicted molar refractivity (Wildman–Crippen MR) is 61.0 cm³/mol. The van der Waals surface area contributed by atoms with Crippen molar-refractivity contribution in [2.45, 2.75) is 6.54 Å². The van der Waals surface area contributed by atoms with E-state index in [0.29, 0.717) is 12.5 Å². The van der Waals surface area contributed by atoms with Gasteiger partial charge in [0.15, 0.2) is 11.6 Å². The van der Waals surface area contributed by atoms with Crippen LogP contribution in [0.4, 0.5) is 16.2 Å². The molecule has 7 heteroatoms. The summed E-state index contributed by atoms with van der Waals surface area (Å²) in [6.45, 7) is 0.502. The molecule has 2 N–H and O–H groups in total. The molecule has 0 radical (unpaired) electrons. The lowest BCUT2D eigenvalue weighted by Crippen LogP contribution is -2.06. The Hall–Kier alpha value is -1.76. The van der Waals surface area contributed by atoms with E-state index in [4.69, 9.17) is 0 Å². The maximum atomic E-state index is 13.3. The van der Waals surface area contributed by atoms with Crippen LogP contribution in [0.3, 0.4) is 0 Å². The summed E-state index contributed by atoms with van der Waals surface area (Å²) in [6.07, 6.45) is 2.86. The number of thiazole rings is 1. The van der Waals surface area contributed by atoms with Crippen molar-refractivity contribution in [2.75, 3.05) is 17.7 Å². The molecule has 2 heterocycles. The van der Waals surface area contributed by atoms with Gasteiger partial charge in [-0.15, -0.1) is 11.3 Å². The molecule has 16 heavy (non-hydrogen) atoms. The minimum Gasteiger partial charge on any atom is -0.363 e. The number of nitrogens with one attached hydrogen (secondary N) is 2. The smallest absolute Gasteiger partial charge is 0.224 e. The Morgan fingerprint density at radius 3 is 3.00 bits per heavy atom. The van der Waals surface area contributed by atoms with Gasteiger partial charge >= 0.3 is 0 Å². The van der Waals surface area contributed by atoms with E-state index in [1.54, 1.807) is 18.8 Å². The van der Waals surface area contributed by atoms with Gasteiger partial charge in [-0.05, 0) is 0 Å². The van der Waals surface area contributed by atoms with Crippen LogP contribution < -0.4 is 10.6 Å². The van der Waals surface area contributed by atoms with Gasteiger partial charge in [0, 0.05) is 18.1 Å². The molecular formula is C9H10FN5S. The summed E-state index contributed by atoms with van der Waals surface area (Å²) >= 11 is 1.50. The highest BCUT2D eigenvalue weighted by Gasteiger charge is 2.05. The first-order valence-corrected chi connectivity index (χ1v) is 5.49. The van der Waals surface area contributed by atoms with E-state index in [-0.39, 0.29) is 5.82 Å². The molecule has 0 atom stereocenters. The van der Waals surface area contributed by atoms with Gasteiger partial charge in [0.25, 0.3) is 0 Å². The van der Waals surface area contributed by atoms with E-state index in [9.17, 15) is 4.39 Å². The maximum absolute atomic E-state index is 13.3. The topological polar surface area (TPSA) is 62.7 Å². The maximum Gasteiger partial charge on any atom is 0.224 e. The number of aromatic nitrogens is 3. The molecule has 0 aliphatic heterocycles. The van der Waals surface area contributed by atoms with Crippen LogP contribution in [-0.4, -0.2) is 22.0 Å². The van der Waals surface area contributed by atoms with Crippen LogP contribution >= 0.6 is 11.3 Å². The quantitative estimate of drug-likeness (QED) is 0.850. The number of halogens is 1. The van der Waals surface area contributed by atoms with Crippen LogP contribution in [0.1, 0.15) is 4.88 Å². The number of nitrogens with zero attached hydrogens (tertiary/aromatic N) is 3. The molecule has 5 nitrogen and oxygen atoms in total. The van der Waals surface area contributed by atoms with Crippen molar-refractivity contribution >= 4 is 23.1 Å². The molecule has 2 aromatic heterocycles. The lowest BCUT2D eigenvalue weighted by atomic mass is 10.5. The summed E-state index contributed by atoms with van der Waals surface area (Å²) in [4.78, 5) is 12.7. The van der Waals surface area contributed by atoms with E-state index in [0.717, 1.165) is 11.1 Å². The zero-order chi connectivity index (χ0) is 11.4. The van der Waals surface area contributed by atoms with E-state index in [2.05, 4.69) is 25.6 Å². The number of hydrogen-bond donors (Lipinski definition) is 2. The van der Waals surface area contributed by atoms with Gasteiger partial charge in [-0.25, -0.2) is 9.37 Å². The standard InChI is InChI=1S/C9H10FN5S/c1-11-9-14-4-7(10)8(15-9)13-3-6-2-12-5-16-6/h2,4-5H,3H2,1H3,(H2,11,13,14,15). The highest BCUT2D eigenvalue weighted by atomic mass is 32.1. The molecule has 0 fully saturated rings. The molecule has 0 aromatic carbocycles. The van der Waals surface area contributed by atoms with Gasteiger partial charge in [-0.1, -0.05) is 0 Å². The van der Waals surface area contributed by atoms with Gasteiger partial charge in [0.1, 0.15) is 0 Å². The highest BCUT2D eigenvalue weighted by molar-refractivity contribution is 7.09. The Morgan fingerprint density at radius 2 is 2.31 bits per heavy atom. The molecule has 0 unspecified atom stereocenters. The Kier molecular flexibility index (Phi) is 3.25. The monoisotopic (exact) mass is 239 g/mol. The summed E-state index contributed by atoms with van der Waals surface area (Å²) in [5.41, 5.74) is 1.73. The summed E-state index contributed by atoms with van der Waals surface area (Å²) in [6, 6.07) is 0. The first kappa shape index (κ1) is 10.7. The summed E-state index contributed by atoms with van der Waals surface area (Å²) in [7, 11) is 1.68. The molecule has 0 aliphatic rings. The minimum absolute atomic E-state index is 0.188. The lowest BCUT2D eigenvalue weighted by molar-refractivity contribution is 0.617. The molecular weight excluding hydrogens is 229 g/mol. The molecule has 2 aromatic rings. The van der Waals surface area contributed by atoms with Gasteiger partial charge in [0.05, 0.1) is 18.3 Å². The van der Waals surface area contributed by atoms with E-state index in [1.165, 1.54) is 11.3 Å². The molecule has 84 valence electrons. The third kappa shape index (κ3) is 2.43. The Morgan fingerprint density at radius 1 is 1.44 bits per heavy atom. The number of rotatable bonds is 4. The lowest BCUT2D eigenvalue weighted by Gasteiger charge is -2.06. The fourth-order valence-electron chi connectivity index (χ4n) is 1.11. The van der Waals surface area contributed by atoms with Crippen LogP contribution in [0.15, 0.2) is 17.9 Å². The zero-order valence-corrected chi connectivity index (χ0v) is 9.38. The van der Waals surface area contributed by atoms with Gasteiger partial charge < -0.3 is 10.6 Å². The molecule has 0 bridgehead atoms. The molecule has 0 spiro atoms. The van der Waals surface area contributed by atoms with E-state index >= 15 is 0 Å². The fraction of sp³-hybridized carbons (Fsp3) is 0.222. The van der Waals surface area contributed by atoms with Gasteiger partial charge in [0.2, 0.25) is 5.95 Å². The van der Waals surface area contributed by atoms with Crippen molar-refractivity contribution in [3.05, 3.63) is 28.6 Å². The van der Waals surface area contributed by atoms with Gasteiger partial charge in [-0.2, -0.15) is 4.98 Å². The van der Waals surface area contributed by atoms with Crippen LogP contribution in [-0.2, 0) is 6.54 Å². The number of anilines is 2. The molecule has 0 saturated heterocycles. The fourth-order valence-corrected chi connectivity index (χ4v) is 1.65. The third-order valence-corrected chi connectivity index (χ3v) is 2.66. The van der Waals surface area contributed by atoms with Crippen LogP contribution in [0, 0.1) is 5.82 Å². The third-order valence-electron chi connectivity index (χ3n) is 1.88. The SMILES string of the molecule is CNc1ncc(F)c(NCc2cncs2)n1. The van der Waals surface area contributed by atoms with Crippen LogP contribution in [0.25, 0.3) is 0 Å². The average molecular weight is 239 g/mol. The second-order valence-electron chi connectivity index (χ2n) is 2.96. The summed E-state index contributed by atoms with van der Waals surface area (Å²) in [5.74, 6) is 0.101. The van der Waals surface area contributed by atoms with Crippen molar-refractivity contribution in [3.8, 4) is 0 Å². The second-order valence-corrected chi connectivity index (χ2v) is 3.93. The average Bonchev–Trinajstić information content (AvgIpc) is 2.81. The highest BCUT2D eigenvalue weighted by Crippen LogP contribution is 2.14. The van der Waals surface area contributed by atoms with Crippen LogP contribution in [0.2, 0.25) is 0 Å². The van der Waals surface area contributed by atoms with E-state index < -0.39 is 5.82 Å². The molecule has 0 amide bonds. The van der Waals surface area contributed by atoms with Crippen molar-refractivity contribution in [3.63, 3.8) is 0 Å². The first-order chi connectivity index (χ1) is 7.79. The minimum atomic E-state index is -0.469. The van der Waals surface area contributed by atoms with Crippen molar-refractivity contribution in [1.29, 1.82) is 0 Å².